The summed E-state index contributed by atoms with van der Waals surface area (Å²) in [5, 5.41) is 3.53. The number of β-lactam (4-membered cyclic amide) rings is 1. The number of ether oxygens (including phenoxy) is 2. The Balaban J connectivity index is 1.50. The Morgan fingerprint density at radius 3 is 2.27 bits per heavy atom. The van der Waals surface area contributed by atoms with Crippen LogP contribution in [0.5, 0.6) is 5.75 Å². The molecule has 1 aliphatic rings. The molecule has 3 amide bonds. The van der Waals surface area contributed by atoms with Gasteiger partial charge in [0.05, 0.1) is 7.11 Å². The Morgan fingerprint density at radius 1 is 1.02 bits per heavy atom. The first kappa shape index (κ1) is 33.5. The van der Waals surface area contributed by atoms with Gasteiger partial charge in [0.1, 0.15) is 30.5 Å². The minimum absolute atomic E-state index is 0.0278. The zero-order chi connectivity index (χ0) is 32.5. The topological polar surface area (TPSA) is 114 Å². The highest BCUT2D eigenvalue weighted by atomic mass is 35.5. The maximum Gasteiger partial charge on any atom is 0.333 e. The lowest BCUT2D eigenvalue weighted by Gasteiger charge is -2.47. The summed E-state index contributed by atoms with van der Waals surface area (Å²) in [5.41, 5.74) is 1.72. The van der Waals surface area contributed by atoms with Crippen LogP contribution in [0.4, 0.5) is 0 Å². The van der Waals surface area contributed by atoms with Gasteiger partial charge in [-0.05, 0) is 46.9 Å². The number of benzene rings is 3. The minimum atomic E-state index is -1.27. The highest BCUT2D eigenvalue weighted by molar-refractivity contribution is 6.27. The molecule has 1 aliphatic heterocycles. The van der Waals surface area contributed by atoms with Crippen LogP contribution in [0.25, 0.3) is 0 Å². The third kappa shape index (κ3) is 7.83. The van der Waals surface area contributed by atoms with Gasteiger partial charge in [-0.2, -0.15) is 0 Å². The lowest BCUT2D eigenvalue weighted by molar-refractivity contribution is -0.197. The Bertz CT molecular complexity index is 1520. The Kier molecular flexibility index (Phi) is 11.6. The zero-order valence-electron chi connectivity index (χ0n) is 24.7. The molecule has 0 saturated carbocycles. The van der Waals surface area contributed by atoms with Gasteiger partial charge in [-0.1, -0.05) is 84.9 Å². The second kappa shape index (κ2) is 15.6. The molecule has 4 atom stereocenters. The predicted octanol–water partition coefficient (Wildman–Crippen LogP) is 4.43. The number of alkyl halides is 2. The summed E-state index contributed by atoms with van der Waals surface area (Å²) in [6, 6.07) is 19.3. The third-order valence-corrected chi connectivity index (χ3v) is 8.08. The van der Waals surface area contributed by atoms with Gasteiger partial charge in [-0.3, -0.25) is 19.2 Å². The molecule has 0 spiro atoms. The zero-order valence-corrected chi connectivity index (χ0v) is 26.2. The highest BCUT2D eigenvalue weighted by Crippen LogP contribution is 2.32. The molecule has 3 aromatic carbocycles. The van der Waals surface area contributed by atoms with E-state index in [4.69, 9.17) is 37.5 Å². The van der Waals surface area contributed by atoms with Crippen molar-refractivity contribution in [2.75, 3.05) is 13.0 Å². The van der Waals surface area contributed by atoms with Crippen molar-refractivity contribution in [3.8, 4) is 5.75 Å². The lowest BCUT2D eigenvalue weighted by Crippen LogP contribution is -2.73. The minimum Gasteiger partial charge on any atom is -0.497 e. The molecule has 236 valence electrons. The van der Waals surface area contributed by atoms with E-state index in [1.165, 1.54) is 0 Å². The van der Waals surface area contributed by atoms with Crippen LogP contribution in [-0.2, 0) is 42.0 Å². The Hall–Kier alpha value is -4.38. The van der Waals surface area contributed by atoms with E-state index in [0.717, 1.165) is 21.1 Å². The lowest BCUT2D eigenvalue weighted by atomic mass is 9.97. The second-order valence-electron chi connectivity index (χ2n) is 10.2. The number of halogens is 2. The molecule has 0 radical (unpaired) electrons. The highest BCUT2D eigenvalue weighted by Gasteiger charge is 2.54. The number of rotatable bonds is 15. The number of likely N-dealkylation sites (tertiary alicyclic amines) is 1. The Morgan fingerprint density at radius 2 is 1.67 bits per heavy atom. The third-order valence-electron chi connectivity index (χ3n) is 7.27. The van der Waals surface area contributed by atoms with E-state index in [1.54, 1.807) is 86.8 Å². The fourth-order valence-corrected chi connectivity index (χ4v) is 5.32. The first-order chi connectivity index (χ1) is 21.7. The van der Waals surface area contributed by atoms with Gasteiger partial charge in [0, 0.05) is 5.88 Å². The van der Waals surface area contributed by atoms with Crippen molar-refractivity contribution in [3.05, 3.63) is 113 Å². The Labute approximate surface area is 271 Å². The van der Waals surface area contributed by atoms with E-state index in [1.807, 2.05) is 6.07 Å². The number of nitrogens with zero attached hydrogens (tertiary/aromatic N) is 2. The molecule has 12 heteroatoms. The molecule has 3 aromatic rings. The molecule has 4 unspecified atom stereocenters. The van der Waals surface area contributed by atoms with Crippen molar-refractivity contribution >= 4 is 47.4 Å². The molecular weight excluding hydrogens is 621 g/mol. The summed E-state index contributed by atoms with van der Waals surface area (Å²) >= 11 is 12.6. The second-order valence-corrected chi connectivity index (χ2v) is 11.0. The number of amides is 3. The van der Waals surface area contributed by atoms with E-state index < -0.39 is 41.4 Å². The normalized spacial score (nSPS) is 17.0. The van der Waals surface area contributed by atoms with Crippen LogP contribution in [0.1, 0.15) is 28.3 Å². The quantitative estimate of drug-likeness (QED) is 0.0491. The average molecular weight is 655 g/mol. The number of esters is 1. The SMILES string of the molecule is C=C(CCl)C(C(=O)OCc1ccccc1)N1C(=O)C(NC(=O)C(c2ccccc2C)N(C=O)OCc2ccc(OC)cc2)C1Cl. The van der Waals surface area contributed by atoms with Gasteiger partial charge in [-0.25, -0.2) is 9.86 Å². The van der Waals surface area contributed by atoms with Gasteiger partial charge >= 0.3 is 5.97 Å². The van der Waals surface area contributed by atoms with Crippen LogP contribution in [0, 0.1) is 6.92 Å². The van der Waals surface area contributed by atoms with E-state index in [9.17, 15) is 19.2 Å². The largest absolute Gasteiger partial charge is 0.497 e. The van der Waals surface area contributed by atoms with Gasteiger partial charge in [0.2, 0.25) is 6.41 Å². The first-order valence-corrected chi connectivity index (χ1v) is 14.9. The number of aryl methyl sites for hydroxylation is 1. The molecule has 1 fully saturated rings. The van der Waals surface area contributed by atoms with Crippen LogP contribution in [0.3, 0.4) is 0 Å². The maximum atomic E-state index is 13.8. The number of carbonyl (C=O) groups excluding carboxylic acids is 4. The van der Waals surface area contributed by atoms with Crippen LogP contribution in [0.2, 0.25) is 0 Å². The monoisotopic (exact) mass is 653 g/mol. The summed E-state index contributed by atoms with van der Waals surface area (Å²) in [6.45, 7) is 5.56. The molecule has 1 saturated heterocycles. The van der Waals surface area contributed by atoms with Gasteiger partial charge < -0.3 is 19.7 Å². The molecule has 0 aromatic heterocycles. The van der Waals surface area contributed by atoms with Crippen molar-refractivity contribution in [1.29, 1.82) is 0 Å². The average Bonchev–Trinajstić information content (AvgIpc) is 3.07. The number of hydrogen-bond acceptors (Lipinski definition) is 7. The van der Waals surface area contributed by atoms with E-state index in [2.05, 4.69) is 11.9 Å². The van der Waals surface area contributed by atoms with Crippen LogP contribution < -0.4 is 10.1 Å². The molecule has 1 heterocycles. The molecule has 10 nitrogen and oxygen atoms in total. The fraction of sp³-hybridized carbons (Fsp3) is 0.273. The number of hydroxylamine groups is 2. The van der Waals surface area contributed by atoms with Gasteiger partial charge in [0.25, 0.3) is 11.8 Å². The predicted molar refractivity (Wildman–Crippen MR) is 168 cm³/mol. The fourth-order valence-electron chi connectivity index (χ4n) is 4.79. The summed E-state index contributed by atoms with van der Waals surface area (Å²) in [6.07, 6.45) is 0.399. The summed E-state index contributed by atoms with van der Waals surface area (Å²) in [5.74, 6) is -1.60. The standard InChI is InChI=1S/C33H33Cl2N3O7/c1-21-9-7-8-12-26(21)29(37(20-39)45-19-24-13-15-25(43-3)16-14-24)31(40)36-27-30(35)38(32(27)41)28(22(2)17-34)33(42)44-18-23-10-5-4-6-11-23/h4-16,20,27-30H,2,17-19H2,1,3H3,(H,36,40). The van der Waals surface area contributed by atoms with Crippen molar-refractivity contribution in [2.24, 2.45) is 0 Å². The van der Waals surface area contributed by atoms with Crippen LogP contribution in [-0.4, -0.2) is 64.7 Å². The van der Waals surface area contributed by atoms with Crippen LogP contribution >= 0.6 is 23.2 Å². The number of methoxy groups -OCH3 is 1. The van der Waals surface area contributed by atoms with E-state index in [0.29, 0.717) is 23.3 Å². The number of carbonyl (C=O) groups is 4. The summed E-state index contributed by atoms with van der Waals surface area (Å²) in [7, 11) is 1.55. The maximum absolute atomic E-state index is 13.8. The smallest absolute Gasteiger partial charge is 0.333 e. The van der Waals surface area contributed by atoms with E-state index in [-0.39, 0.29) is 24.7 Å². The first-order valence-electron chi connectivity index (χ1n) is 14.0. The van der Waals surface area contributed by atoms with Crippen molar-refractivity contribution in [2.45, 2.75) is 43.8 Å². The summed E-state index contributed by atoms with van der Waals surface area (Å²) < 4.78 is 10.6. The number of hydrogen-bond donors (Lipinski definition) is 1. The molecule has 45 heavy (non-hydrogen) atoms. The van der Waals surface area contributed by atoms with Crippen LogP contribution in [0.15, 0.2) is 91.0 Å². The number of nitrogens with one attached hydrogen (secondary N) is 1. The van der Waals surface area contributed by atoms with Crippen molar-refractivity contribution in [3.63, 3.8) is 0 Å². The summed E-state index contributed by atoms with van der Waals surface area (Å²) in [4.78, 5) is 59.4. The molecule has 0 aliphatic carbocycles. The van der Waals surface area contributed by atoms with E-state index >= 15 is 0 Å². The molecule has 4 rings (SSSR count). The van der Waals surface area contributed by atoms with Crippen molar-refractivity contribution in [1.82, 2.24) is 15.3 Å². The van der Waals surface area contributed by atoms with Gasteiger partial charge in [0.15, 0.2) is 12.1 Å². The van der Waals surface area contributed by atoms with Gasteiger partial charge in [-0.15, -0.1) is 11.6 Å². The molecular formula is C33H33Cl2N3O7. The molecule has 0 bridgehead atoms. The molecule has 1 N–H and O–H groups in total. The van der Waals surface area contributed by atoms with Crippen molar-refractivity contribution < 1.29 is 33.5 Å².